The summed E-state index contributed by atoms with van der Waals surface area (Å²) in [6.07, 6.45) is 2.49. The van der Waals surface area contributed by atoms with Crippen molar-refractivity contribution < 1.29 is 9.59 Å². The Morgan fingerprint density at radius 1 is 1.04 bits per heavy atom. The first-order valence-corrected chi connectivity index (χ1v) is 8.93. The normalized spacial score (nSPS) is 14.3. The van der Waals surface area contributed by atoms with Crippen LogP contribution in [0.2, 0.25) is 0 Å². The summed E-state index contributed by atoms with van der Waals surface area (Å²) in [4.78, 5) is 27.7. The van der Waals surface area contributed by atoms with E-state index in [0.29, 0.717) is 18.7 Å². The topological polar surface area (TPSA) is 78.1 Å². The highest BCUT2D eigenvalue weighted by Gasteiger charge is 2.30. The number of rotatable bonds is 4. The number of aromatic nitrogens is 2. The van der Waals surface area contributed by atoms with Crippen molar-refractivity contribution in [3.05, 3.63) is 89.2 Å². The number of aromatic amines is 1. The number of H-pyrrole nitrogens is 1. The Balaban J connectivity index is 1.58. The number of nitrogens with one attached hydrogen (secondary N) is 2. The zero-order chi connectivity index (χ0) is 18.6. The SMILES string of the molecule is O=C(NC(C(=O)N1CCc2[nH]ncc2C1)c1ccccc1)c1ccccc1. The molecule has 6 heteroatoms. The number of hydrogen-bond acceptors (Lipinski definition) is 3. The van der Waals surface area contributed by atoms with Crippen LogP contribution in [0.4, 0.5) is 0 Å². The maximum absolute atomic E-state index is 13.3. The molecule has 0 bridgehead atoms. The first kappa shape index (κ1) is 17.0. The number of carbonyl (C=O) groups is 2. The second-order valence-electron chi connectivity index (χ2n) is 6.57. The monoisotopic (exact) mass is 360 g/mol. The minimum absolute atomic E-state index is 0.114. The van der Waals surface area contributed by atoms with E-state index in [1.165, 1.54) is 0 Å². The van der Waals surface area contributed by atoms with E-state index >= 15 is 0 Å². The summed E-state index contributed by atoms with van der Waals surface area (Å²) in [6, 6.07) is 17.6. The van der Waals surface area contributed by atoms with Crippen LogP contribution in [0.1, 0.15) is 33.2 Å². The Bertz CT molecular complexity index is 937. The zero-order valence-corrected chi connectivity index (χ0v) is 14.8. The lowest BCUT2D eigenvalue weighted by atomic mass is 10.0. The lowest BCUT2D eigenvalue weighted by Crippen LogP contribution is -2.44. The first-order valence-electron chi connectivity index (χ1n) is 8.93. The van der Waals surface area contributed by atoms with Crippen LogP contribution in [0.15, 0.2) is 66.9 Å². The van der Waals surface area contributed by atoms with Crippen LogP contribution in [-0.2, 0) is 17.8 Å². The summed E-state index contributed by atoms with van der Waals surface area (Å²) in [5, 5.41) is 9.94. The third-order valence-electron chi connectivity index (χ3n) is 4.80. The van der Waals surface area contributed by atoms with Crippen molar-refractivity contribution in [2.24, 2.45) is 0 Å². The fourth-order valence-electron chi connectivity index (χ4n) is 3.33. The number of fused-ring (bicyclic) bond motifs is 1. The van der Waals surface area contributed by atoms with Crippen molar-refractivity contribution in [2.45, 2.75) is 19.0 Å². The smallest absolute Gasteiger partial charge is 0.252 e. The van der Waals surface area contributed by atoms with Crippen LogP contribution in [0.5, 0.6) is 0 Å². The number of benzene rings is 2. The lowest BCUT2D eigenvalue weighted by Gasteiger charge is -2.30. The van der Waals surface area contributed by atoms with Gasteiger partial charge in [0.05, 0.1) is 6.20 Å². The molecule has 0 saturated heterocycles. The second kappa shape index (κ2) is 7.45. The zero-order valence-electron chi connectivity index (χ0n) is 14.8. The van der Waals surface area contributed by atoms with Gasteiger partial charge in [0.2, 0.25) is 5.91 Å². The molecule has 2 aromatic carbocycles. The molecule has 1 aliphatic heterocycles. The molecule has 0 radical (unpaired) electrons. The Labute approximate surface area is 157 Å². The average molecular weight is 360 g/mol. The van der Waals surface area contributed by atoms with Crippen molar-refractivity contribution >= 4 is 11.8 Å². The molecule has 0 spiro atoms. The first-order chi connectivity index (χ1) is 13.2. The summed E-state index contributed by atoms with van der Waals surface area (Å²) in [6.45, 7) is 1.09. The van der Waals surface area contributed by atoms with Crippen LogP contribution < -0.4 is 5.32 Å². The highest BCUT2D eigenvalue weighted by Crippen LogP contribution is 2.22. The third kappa shape index (κ3) is 3.60. The predicted octanol–water partition coefficient (Wildman–Crippen LogP) is 2.47. The fraction of sp³-hybridized carbons (Fsp3) is 0.190. The van der Waals surface area contributed by atoms with Crippen LogP contribution in [-0.4, -0.2) is 33.5 Å². The molecule has 1 aliphatic rings. The summed E-state index contributed by atoms with van der Waals surface area (Å²) < 4.78 is 0. The minimum atomic E-state index is -0.729. The van der Waals surface area contributed by atoms with E-state index in [4.69, 9.17) is 0 Å². The van der Waals surface area contributed by atoms with Gasteiger partial charge in [0, 0.05) is 36.3 Å². The van der Waals surface area contributed by atoms with Gasteiger partial charge in [-0.15, -0.1) is 0 Å². The summed E-state index contributed by atoms with van der Waals surface area (Å²) >= 11 is 0. The summed E-state index contributed by atoms with van der Waals surface area (Å²) in [7, 11) is 0. The molecule has 2 amide bonds. The molecule has 0 aliphatic carbocycles. The van der Waals surface area contributed by atoms with E-state index in [9.17, 15) is 9.59 Å². The minimum Gasteiger partial charge on any atom is -0.336 e. The summed E-state index contributed by atoms with van der Waals surface area (Å²) in [5.74, 6) is -0.379. The number of hydrogen-bond donors (Lipinski definition) is 2. The quantitative estimate of drug-likeness (QED) is 0.750. The molecule has 6 nitrogen and oxygen atoms in total. The lowest BCUT2D eigenvalue weighted by molar-refractivity contribution is -0.134. The van der Waals surface area contributed by atoms with E-state index in [0.717, 1.165) is 23.2 Å². The highest BCUT2D eigenvalue weighted by atomic mass is 16.2. The molecule has 0 saturated carbocycles. The molecule has 27 heavy (non-hydrogen) atoms. The molecule has 1 atom stereocenters. The van der Waals surface area contributed by atoms with Gasteiger partial charge in [-0.05, 0) is 17.7 Å². The van der Waals surface area contributed by atoms with Gasteiger partial charge in [0.1, 0.15) is 6.04 Å². The Morgan fingerprint density at radius 2 is 1.74 bits per heavy atom. The Kier molecular flexibility index (Phi) is 4.70. The molecule has 2 heterocycles. The molecule has 0 fully saturated rings. The van der Waals surface area contributed by atoms with E-state index in [2.05, 4.69) is 15.5 Å². The maximum atomic E-state index is 13.3. The van der Waals surface area contributed by atoms with Crippen molar-refractivity contribution in [2.75, 3.05) is 6.54 Å². The van der Waals surface area contributed by atoms with Gasteiger partial charge in [0.25, 0.3) is 5.91 Å². The molecule has 4 rings (SSSR count). The van der Waals surface area contributed by atoms with Crippen LogP contribution in [0.25, 0.3) is 0 Å². The van der Waals surface area contributed by atoms with Gasteiger partial charge < -0.3 is 10.2 Å². The van der Waals surface area contributed by atoms with E-state index in [1.807, 2.05) is 36.4 Å². The van der Waals surface area contributed by atoms with Crippen molar-refractivity contribution in [3.8, 4) is 0 Å². The van der Waals surface area contributed by atoms with Gasteiger partial charge in [0.15, 0.2) is 0 Å². The predicted molar refractivity (Wildman–Crippen MR) is 101 cm³/mol. The van der Waals surface area contributed by atoms with Crippen molar-refractivity contribution in [3.63, 3.8) is 0 Å². The van der Waals surface area contributed by atoms with Crippen molar-refractivity contribution in [1.82, 2.24) is 20.4 Å². The molecular formula is C21H20N4O2. The molecular weight excluding hydrogens is 340 g/mol. The van der Waals surface area contributed by atoms with Crippen LogP contribution in [0.3, 0.4) is 0 Å². The van der Waals surface area contributed by atoms with Crippen LogP contribution >= 0.6 is 0 Å². The Hall–Kier alpha value is -3.41. The van der Waals surface area contributed by atoms with E-state index in [-0.39, 0.29) is 11.8 Å². The van der Waals surface area contributed by atoms with E-state index in [1.54, 1.807) is 35.4 Å². The summed E-state index contributed by atoms with van der Waals surface area (Å²) in [5.41, 5.74) is 3.39. The second-order valence-corrected chi connectivity index (χ2v) is 6.57. The standard InChI is InChI=1S/C21H20N4O2/c26-20(16-9-5-2-6-10-16)23-19(15-7-3-1-4-8-15)21(27)25-12-11-18-17(14-25)13-22-24-18/h1-10,13,19H,11-12,14H2,(H,22,24)(H,23,26). The molecule has 2 N–H and O–H groups in total. The third-order valence-corrected chi connectivity index (χ3v) is 4.80. The van der Waals surface area contributed by atoms with Gasteiger partial charge in [-0.1, -0.05) is 48.5 Å². The molecule has 1 aromatic heterocycles. The van der Waals surface area contributed by atoms with Gasteiger partial charge in [-0.3, -0.25) is 14.7 Å². The molecule has 136 valence electrons. The largest absolute Gasteiger partial charge is 0.336 e. The highest BCUT2D eigenvalue weighted by molar-refractivity contribution is 5.97. The van der Waals surface area contributed by atoms with Crippen molar-refractivity contribution in [1.29, 1.82) is 0 Å². The van der Waals surface area contributed by atoms with Gasteiger partial charge in [-0.2, -0.15) is 5.10 Å². The van der Waals surface area contributed by atoms with Crippen LogP contribution in [0, 0.1) is 0 Å². The Morgan fingerprint density at radius 3 is 2.48 bits per heavy atom. The average Bonchev–Trinajstić information content (AvgIpc) is 3.20. The number of carbonyl (C=O) groups excluding carboxylic acids is 2. The fourth-order valence-corrected chi connectivity index (χ4v) is 3.33. The number of nitrogens with zero attached hydrogens (tertiary/aromatic N) is 2. The van der Waals surface area contributed by atoms with Gasteiger partial charge in [-0.25, -0.2) is 0 Å². The number of amides is 2. The van der Waals surface area contributed by atoms with E-state index < -0.39 is 6.04 Å². The maximum Gasteiger partial charge on any atom is 0.252 e. The van der Waals surface area contributed by atoms with Gasteiger partial charge >= 0.3 is 0 Å². The molecule has 1 unspecified atom stereocenters. The molecule has 3 aromatic rings.